The molecule has 1 aromatic heterocycles. The quantitative estimate of drug-likeness (QED) is 0.569. The van der Waals surface area contributed by atoms with Crippen molar-refractivity contribution in [2.75, 3.05) is 25.0 Å². The predicted molar refractivity (Wildman–Crippen MR) is 134 cm³/mol. The predicted octanol–water partition coefficient (Wildman–Crippen LogP) is 6.01. The number of rotatable bonds is 5. The minimum atomic E-state index is -0.786. The van der Waals surface area contributed by atoms with Crippen molar-refractivity contribution in [3.8, 4) is 11.1 Å². The van der Waals surface area contributed by atoms with E-state index in [1.54, 1.807) is 30.1 Å². The second kappa shape index (κ2) is 8.03. The number of aryl methyl sites for hydroxylation is 2. The van der Waals surface area contributed by atoms with Crippen LogP contribution in [0.4, 0.5) is 14.5 Å². The molecule has 0 radical (unpaired) electrons. The van der Waals surface area contributed by atoms with Crippen LogP contribution in [0.5, 0.6) is 0 Å². The first-order valence-electron chi connectivity index (χ1n) is 13.8. The maximum atomic E-state index is 15.0. The Bertz CT molecular complexity index is 1090. The summed E-state index contributed by atoms with van der Waals surface area (Å²) >= 11 is 0. The zero-order chi connectivity index (χ0) is 23.9. The Kier molecular flexibility index (Phi) is 5.10. The van der Waals surface area contributed by atoms with Crippen molar-refractivity contribution in [2.45, 2.75) is 64.3 Å². The van der Waals surface area contributed by atoms with Crippen LogP contribution in [0.1, 0.15) is 57.1 Å². The molecule has 5 aliphatic carbocycles. The van der Waals surface area contributed by atoms with E-state index in [-0.39, 0.29) is 11.6 Å². The Balaban J connectivity index is 0.988. The number of anilines is 1. The van der Waals surface area contributed by atoms with E-state index in [1.807, 2.05) is 6.92 Å². The van der Waals surface area contributed by atoms with Gasteiger partial charge in [-0.05, 0) is 105 Å². The molecule has 1 N–H and O–H groups in total. The van der Waals surface area contributed by atoms with E-state index in [2.05, 4.69) is 15.3 Å². The third-order valence-electron chi connectivity index (χ3n) is 10.3. The van der Waals surface area contributed by atoms with Gasteiger partial charge in [0.2, 0.25) is 0 Å². The van der Waals surface area contributed by atoms with Crippen molar-refractivity contribution in [1.82, 2.24) is 14.7 Å². The van der Waals surface area contributed by atoms with Crippen molar-refractivity contribution >= 4 is 5.69 Å². The molecule has 1 saturated heterocycles. The number of halogens is 2. The molecule has 1 aliphatic heterocycles. The summed E-state index contributed by atoms with van der Waals surface area (Å²) in [7, 11) is 1.79. The number of aromatic nitrogens is 2. The monoisotopic (exact) mass is 480 g/mol. The van der Waals surface area contributed by atoms with Gasteiger partial charge in [0.05, 0.1) is 11.4 Å². The van der Waals surface area contributed by atoms with Gasteiger partial charge < -0.3 is 10.2 Å². The number of likely N-dealkylation sites (tertiary alicyclic amines) is 1. The summed E-state index contributed by atoms with van der Waals surface area (Å²) in [6.07, 6.45) is 12.8. The van der Waals surface area contributed by atoms with Crippen molar-refractivity contribution < 1.29 is 8.78 Å². The summed E-state index contributed by atoms with van der Waals surface area (Å²) in [4.78, 5) is 2.78. The summed E-state index contributed by atoms with van der Waals surface area (Å²) in [6.45, 7) is 5.53. The van der Waals surface area contributed by atoms with Gasteiger partial charge in [0.15, 0.2) is 11.6 Å². The van der Waals surface area contributed by atoms with Crippen LogP contribution in [0, 0.1) is 53.6 Å². The van der Waals surface area contributed by atoms with Crippen molar-refractivity contribution in [3.05, 3.63) is 35.7 Å². The number of nitrogens with one attached hydrogen (secondary N) is 1. The van der Waals surface area contributed by atoms with Gasteiger partial charge in [-0.25, -0.2) is 8.78 Å². The van der Waals surface area contributed by atoms with Crippen LogP contribution in [0.3, 0.4) is 0 Å². The van der Waals surface area contributed by atoms with E-state index in [1.165, 1.54) is 58.2 Å². The highest BCUT2D eigenvalue weighted by atomic mass is 19.2. The molecule has 1 unspecified atom stereocenters. The van der Waals surface area contributed by atoms with Gasteiger partial charge in [0.1, 0.15) is 0 Å². The molecule has 5 saturated carbocycles. The van der Waals surface area contributed by atoms with Crippen LogP contribution in [0.2, 0.25) is 0 Å². The second-order valence-electron chi connectivity index (χ2n) is 13.0. The lowest BCUT2D eigenvalue weighted by Crippen LogP contribution is -2.51. The molecule has 188 valence electrons. The van der Waals surface area contributed by atoms with Gasteiger partial charge >= 0.3 is 0 Å². The Hall–Kier alpha value is -1.95. The number of hydrogen-bond acceptors (Lipinski definition) is 3. The molecule has 0 spiro atoms. The molecule has 2 heterocycles. The molecule has 35 heavy (non-hydrogen) atoms. The molecular weight excluding hydrogens is 442 g/mol. The first-order chi connectivity index (χ1) is 16.8. The van der Waals surface area contributed by atoms with E-state index in [0.29, 0.717) is 34.2 Å². The topological polar surface area (TPSA) is 33.1 Å². The van der Waals surface area contributed by atoms with Crippen molar-refractivity contribution in [2.24, 2.45) is 42.1 Å². The van der Waals surface area contributed by atoms with Gasteiger partial charge in [-0.3, -0.25) is 4.68 Å². The van der Waals surface area contributed by atoms with Crippen LogP contribution < -0.4 is 5.32 Å². The van der Waals surface area contributed by atoms with Gasteiger partial charge in [-0.15, -0.1) is 0 Å². The van der Waals surface area contributed by atoms with E-state index in [9.17, 15) is 4.39 Å². The molecule has 4 nitrogen and oxygen atoms in total. The van der Waals surface area contributed by atoms with Crippen LogP contribution in [-0.4, -0.2) is 40.4 Å². The fourth-order valence-electron chi connectivity index (χ4n) is 9.55. The average molecular weight is 481 g/mol. The normalized spacial score (nSPS) is 37.8. The molecular formula is C29H38F2N4. The SMILES string of the molecule is Cc1nn(C)cc1-c1ccc(NC2C[C@@H]3CN(CC45CC6CC(CC(C6)C4)C5)C[C@@H]3C2)c(F)c1F. The summed E-state index contributed by atoms with van der Waals surface area (Å²) in [5.74, 6) is 2.86. The Morgan fingerprint density at radius 2 is 1.54 bits per heavy atom. The zero-order valence-corrected chi connectivity index (χ0v) is 21.1. The average Bonchev–Trinajstić information content (AvgIpc) is 3.42. The van der Waals surface area contributed by atoms with Crippen molar-refractivity contribution in [3.63, 3.8) is 0 Å². The standard InChI is InChI=1S/C29H38F2N4/c1-17-25(15-34(2)33-17)24-3-4-26(28(31)27(24)30)32-23-8-21-13-35(14-22(21)9-23)16-29-10-18-5-19(11-29)7-20(6-18)12-29/h3-4,15,18-23,32H,5-14,16H2,1-2H3/t18?,19?,20?,21-,22+,23?,29?. The van der Waals surface area contributed by atoms with E-state index < -0.39 is 11.6 Å². The molecule has 0 amide bonds. The first kappa shape index (κ1) is 22.3. The molecule has 8 rings (SSSR count). The molecule has 1 aromatic carbocycles. The maximum absolute atomic E-state index is 15.0. The largest absolute Gasteiger partial charge is 0.380 e. The summed E-state index contributed by atoms with van der Waals surface area (Å²) in [6, 6.07) is 3.62. The van der Waals surface area contributed by atoms with E-state index in [0.717, 1.165) is 30.6 Å². The Morgan fingerprint density at radius 1 is 0.914 bits per heavy atom. The van der Waals surface area contributed by atoms with Gasteiger partial charge in [0.25, 0.3) is 0 Å². The molecule has 3 atom stereocenters. The second-order valence-corrected chi connectivity index (χ2v) is 13.0. The fourth-order valence-corrected chi connectivity index (χ4v) is 9.55. The van der Waals surface area contributed by atoms with Gasteiger partial charge in [-0.2, -0.15) is 5.10 Å². The van der Waals surface area contributed by atoms with Crippen LogP contribution >= 0.6 is 0 Å². The Morgan fingerprint density at radius 3 is 2.11 bits per heavy atom. The number of benzene rings is 1. The van der Waals surface area contributed by atoms with Crippen LogP contribution in [0.25, 0.3) is 11.1 Å². The molecule has 4 bridgehead atoms. The maximum Gasteiger partial charge on any atom is 0.182 e. The van der Waals surface area contributed by atoms with Gasteiger partial charge in [0, 0.05) is 50.0 Å². The number of fused-ring (bicyclic) bond motifs is 1. The smallest absolute Gasteiger partial charge is 0.182 e. The highest BCUT2D eigenvalue weighted by Crippen LogP contribution is 2.60. The van der Waals surface area contributed by atoms with E-state index in [4.69, 9.17) is 0 Å². The zero-order valence-electron chi connectivity index (χ0n) is 21.1. The summed E-state index contributed by atoms with van der Waals surface area (Å²) in [5.41, 5.74) is 2.53. The Labute approximate surface area is 207 Å². The minimum absolute atomic E-state index is 0.228. The number of nitrogens with zero attached hydrogens (tertiary/aromatic N) is 3. The lowest BCUT2D eigenvalue weighted by Gasteiger charge is -2.57. The molecule has 6 heteroatoms. The molecule has 6 fully saturated rings. The van der Waals surface area contributed by atoms with E-state index >= 15 is 4.39 Å². The third kappa shape index (κ3) is 3.82. The third-order valence-corrected chi connectivity index (χ3v) is 10.3. The summed E-state index contributed by atoms with van der Waals surface area (Å²) in [5, 5.41) is 7.63. The number of hydrogen-bond donors (Lipinski definition) is 1. The van der Waals surface area contributed by atoms with Gasteiger partial charge in [-0.1, -0.05) is 0 Å². The summed E-state index contributed by atoms with van der Waals surface area (Å²) < 4.78 is 31.7. The minimum Gasteiger partial charge on any atom is -0.380 e. The van der Waals surface area contributed by atoms with Crippen LogP contribution in [-0.2, 0) is 7.05 Å². The van der Waals surface area contributed by atoms with Crippen LogP contribution in [0.15, 0.2) is 18.3 Å². The lowest BCUT2D eigenvalue weighted by molar-refractivity contribution is -0.0672. The lowest BCUT2D eigenvalue weighted by atomic mass is 9.49. The highest BCUT2D eigenvalue weighted by molar-refractivity contribution is 5.68. The molecule has 2 aromatic rings. The first-order valence-corrected chi connectivity index (χ1v) is 13.8. The van der Waals surface area contributed by atoms with Crippen molar-refractivity contribution in [1.29, 1.82) is 0 Å². The highest BCUT2D eigenvalue weighted by Gasteiger charge is 2.52. The molecule has 6 aliphatic rings. The fraction of sp³-hybridized carbons (Fsp3) is 0.690.